The molecule has 0 spiro atoms. The van der Waals surface area contributed by atoms with Crippen LogP contribution in [0.3, 0.4) is 0 Å². The van der Waals surface area contributed by atoms with E-state index < -0.39 is 6.16 Å². The molecule has 0 aliphatic rings. The molecule has 0 unspecified atom stereocenters. The summed E-state index contributed by atoms with van der Waals surface area (Å²) in [5, 5.41) is 13.9. The Balaban J connectivity index is 0. The second kappa shape index (κ2) is 25.0. The number of carboxylic acid groups (broad SMARTS) is 2. The van der Waals surface area contributed by atoms with E-state index in [0.717, 1.165) is 0 Å². The van der Waals surface area contributed by atoms with Crippen LogP contribution < -0.4 is 0 Å². The standard InChI is InChI=1S/C22H34.CH2O3/c1-3-5-7-9-11-13-15-17-19-21-22-20-18-16-14-12-10-8-6-4-2;2-1(3)4/h3,5,7,9,11,13,15,17,19,21-22H,1,4,6,8,10,12,14,16,18,20H2,2H3;(H2,2,3,4). The highest BCUT2D eigenvalue weighted by Crippen LogP contribution is 2.09. The lowest BCUT2D eigenvalue weighted by Gasteiger charge is -1.99. The van der Waals surface area contributed by atoms with Crippen LogP contribution in [0.4, 0.5) is 4.79 Å². The van der Waals surface area contributed by atoms with Crippen molar-refractivity contribution in [2.75, 3.05) is 0 Å². The van der Waals surface area contributed by atoms with E-state index in [-0.39, 0.29) is 0 Å². The molecule has 26 heavy (non-hydrogen) atoms. The Morgan fingerprint density at radius 3 is 1.54 bits per heavy atom. The van der Waals surface area contributed by atoms with Crippen molar-refractivity contribution >= 4 is 6.16 Å². The second-order valence-electron chi connectivity index (χ2n) is 5.75. The summed E-state index contributed by atoms with van der Waals surface area (Å²) >= 11 is 0. The highest BCUT2D eigenvalue weighted by Gasteiger charge is 1.89. The smallest absolute Gasteiger partial charge is 0.450 e. The lowest BCUT2D eigenvalue weighted by atomic mass is 10.1. The van der Waals surface area contributed by atoms with E-state index in [4.69, 9.17) is 15.0 Å². The summed E-state index contributed by atoms with van der Waals surface area (Å²) in [4.78, 5) is 8.56. The van der Waals surface area contributed by atoms with Crippen LogP contribution in [0.1, 0.15) is 64.7 Å². The Labute approximate surface area is 159 Å². The van der Waals surface area contributed by atoms with E-state index in [0.29, 0.717) is 0 Å². The highest BCUT2D eigenvalue weighted by atomic mass is 16.6. The van der Waals surface area contributed by atoms with Gasteiger partial charge in [0.25, 0.3) is 0 Å². The second-order valence-corrected chi connectivity index (χ2v) is 5.75. The third-order valence-electron chi connectivity index (χ3n) is 3.39. The number of carbonyl (C=O) groups is 1. The van der Waals surface area contributed by atoms with Gasteiger partial charge in [0.15, 0.2) is 0 Å². The first-order valence-corrected chi connectivity index (χ1v) is 9.51. The fourth-order valence-electron chi connectivity index (χ4n) is 2.10. The molecule has 0 atom stereocenters. The fourth-order valence-corrected chi connectivity index (χ4v) is 2.10. The maximum atomic E-state index is 8.56. The van der Waals surface area contributed by atoms with Crippen molar-refractivity contribution in [1.29, 1.82) is 0 Å². The molecule has 0 bridgehead atoms. The van der Waals surface area contributed by atoms with Crippen LogP contribution in [0, 0.1) is 0 Å². The molecule has 0 aromatic rings. The Bertz CT molecular complexity index is 450. The topological polar surface area (TPSA) is 57.5 Å². The largest absolute Gasteiger partial charge is 0.503 e. The third-order valence-corrected chi connectivity index (χ3v) is 3.39. The van der Waals surface area contributed by atoms with Gasteiger partial charge in [0.2, 0.25) is 0 Å². The van der Waals surface area contributed by atoms with Crippen molar-refractivity contribution in [3.63, 3.8) is 0 Å². The monoisotopic (exact) mass is 360 g/mol. The molecule has 0 aliphatic carbocycles. The number of unbranched alkanes of at least 4 members (excludes halogenated alkanes) is 8. The Hall–Kier alpha value is -2.29. The normalized spacial score (nSPS) is 11.7. The van der Waals surface area contributed by atoms with E-state index in [9.17, 15) is 0 Å². The van der Waals surface area contributed by atoms with Crippen molar-refractivity contribution in [2.45, 2.75) is 64.7 Å². The average Bonchev–Trinajstić information content (AvgIpc) is 2.60. The van der Waals surface area contributed by atoms with Gasteiger partial charge in [-0.05, 0) is 12.8 Å². The molecule has 0 saturated heterocycles. The van der Waals surface area contributed by atoms with Crippen LogP contribution in [-0.2, 0) is 0 Å². The minimum absolute atomic E-state index is 1.20. The van der Waals surface area contributed by atoms with Gasteiger partial charge in [-0.2, -0.15) is 0 Å². The SMILES string of the molecule is C=CC=CC=CC=CC=CC=CCCCCCCCCCC.O=C(O)O. The molecule has 0 heterocycles. The molecule has 0 aliphatic heterocycles. The van der Waals surface area contributed by atoms with Crippen LogP contribution in [0.5, 0.6) is 0 Å². The van der Waals surface area contributed by atoms with Gasteiger partial charge in [-0.15, -0.1) is 0 Å². The van der Waals surface area contributed by atoms with Gasteiger partial charge in [-0.25, -0.2) is 4.79 Å². The maximum absolute atomic E-state index is 8.56. The zero-order valence-corrected chi connectivity index (χ0v) is 16.2. The van der Waals surface area contributed by atoms with Gasteiger partial charge in [0.1, 0.15) is 0 Å². The Kier molecular flexibility index (Phi) is 24.9. The Morgan fingerprint density at radius 2 is 1.08 bits per heavy atom. The maximum Gasteiger partial charge on any atom is 0.503 e. The van der Waals surface area contributed by atoms with Crippen LogP contribution in [0.2, 0.25) is 0 Å². The molecular weight excluding hydrogens is 324 g/mol. The molecular formula is C23H36O3. The van der Waals surface area contributed by atoms with Crippen molar-refractivity contribution in [3.05, 3.63) is 73.4 Å². The van der Waals surface area contributed by atoms with E-state index in [2.05, 4.69) is 37.8 Å². The summed E-state index contributed by atoms with van der Waals surface area (Å²) in [6.45, 7) is 5.89. The van der Waals surface area contributed by atoms with E-state index in [1.807, 2.05) is 36.5 Å². The van der Waals surface area contributed by atoms with E-state index in [1.165, 1.54) is 57.8 Å². The average molecular weight is 361 g/mol. The fraction of sp³-hybridized carbons (Fsp3) is 0.435. The van der Waals surface area contributed by atoms with Gasteiger partial charge in [-0.1, -0.05) is 125 Å². The molecule has 3 heteroatoms. The van der Waals surface area contributed by atoms with Crippen molar-refractivity contribution < 1.29 is 15.0 Å². The Morgan fingerprint density at radius 1 is 0.692 bits per heavy atom. The number of hydrogen-bond acceptors (Lipinski definition) is 1. The molecule has 0 aromatic carbocycles. The van der Waals surface area contributed by atoms with Gasteiger partial charge in [0.05, 0.1) is 0 Å². The van der Waals surface area contributed by atoms with E-state index >= 15 is 0 Å². The van der Waals surface area contributed by atoms with Crippen molar-refractivity contribution in [3.8, 4) is 0 Å². The zero-order chi connectivity index (χ0) is 19.7. The minimum atomic E-state index is -1.83. The molecule has 0 aromatic heterocycles. The zero-order valence-electron chi connectivity index (χ0n) is 16.2. The number of allylic oxidation sites excluding steroid dienone is 11. The summed E-state index contributed by atoms with van der Waals surface area (Å²) < 4.78 is 0. The molecule has 146 valence electrons. The quantitative estimate of drug-likeness (QED) is 0.246. The van der Waals surface area contributed by atoms with Crippen LogP contribution in [-0.4, -0.2) is 16.4 Å². The molecule has 0 amide bonds. The van der Waals surface area contributed by atoms with Crippen LogP contribution in [0.15, 0.2) is 73.4 Å². The van der Waals surface area contributed by atoms with Gasteiger partial charge in [-0.3, -0.25) is 0 Å². The molecule has 0 radical (unpaired) electrons. The summed E-state index contributed by atoms with van der Waals surface area (Å²) in [6, 6.07) is 0. The van der Waals surface area contributed by atoms with Crippen molar-refractivity contribution in [1.82, 2.24) is 0 Å². The van der Waals surface area contributed by atoms with Gasteiger partial charge in [0, 0.05) is 0 Å². The molecule has 0 saturated carbocycles. The van der Waals surface area contributed by atoms with Gasteiger partial charge < -0.3 is 10.2 Å². The van der Waals surface area contributed by atoms with Crippen LogP contribution >= 0.6 is 0 Å². The van der Waals surface area contributed by atoms with Crippen molar-refractivity contribution in [2.24, 2.45) is 0 Å². The molecule has 3 nitrogen and oxygen atoms in total. The van der Waals surface area contributed by atoms with E-state index in [1.54, 1.807) is 6.08 Å². The minimum Gasteiger partial charge on any atom is -0.450 e. The highest BCUT2D eigenvalue weighted by molar-refractivity contribution is 5.53. The predicted octanol–water partition coefficient (Wildman–Crippen LogP) is 7.71. The molecule has 2 N–H and O–H groups in total. The first-order chi connectivity index (χ1) is 12.6. The summed E-state index contributed by atoms with van der Waals surface area (Å²) in [5.41, 5.74) is 0. The number of rotatable bonds is 14. The number of hydrogen-bond donors (Lipinski definition) is 2. The summed E-state index contributed by atoms with van der Waals surface area (Å²) in [7, 11) is 0. The van der Waals surface area contributed by atoms with Gasteiger partial charge >= 0.3 is 6.16 Å². The molecule has 0 fully saturated rings. The lowest BCUT2D eigenvalue weighted by molar-refractivity contribution is 0.137. The summed E-state index contributed by atoms with van der Waals surface area (Å²) in [5.74, 6) is 0. The summed E-state index contributed by atoms with van der Waals surface area (Å²) in [6.07, 6.45) is 32.8. The lowest BCUT2D eigenvalue weighted by Crippen LogP contribution is -1.81. The molecule has 0 rings (SSSR count). The third kappa shape index (κ3) is 33.3. The first kappa shape index (κ1) is 25.9. The predicted molar refractivity (Wildman–Crippen MR) is 114 cm³/mol. The first-order valence-electron chi connectivity index (χ1n) is 9.51. The van der Waals surface area contributed by atoms with Crippen LogP contribution in [0.25, 0.3) is 0 Å².